The van der Waals surface area contributed by atoms with Crippen molar-refractivity contribution in [2.45, 2.75) is 38.8 Å². The molecule has 86 valence electrons. The molecule has 6 heteroatoms. The monoisotopic (exact) mass is 215 g/mol. The highest BCUT2D eigenvalue weighted by atomic mass is 16.6. The summed E-state index contributed by atoms with van der Waals surface area (Å²) >= 11 is 0. The van der Waals surface area contributed by atoms with E-state index in [1.165, 1.54) is 0 Å². The molecular weight excluding hydrogens is 198 g/mol. The van der Waals surface area contributed by atoms with E-state index in [4.69, 9.17) is 10.5 Å². The third-order valence-electron chi connectivity index (χ3n) is 1.74. The first-order valence-corrected chi connectivity index (χ1v) is 4.83. The molecule has 3 N–H and O–H groups in total. The van der Waals surface area contributed by atoms with Gasteiger partial charge in [-0.1, -0.05) is 0 Å². The van der Waals surface area contributed by atoms with Gasteiger partial charge in [-0.25, -0.2) is 9.80 Å². The van der Waals surface area contributed by atoms with Gasteiger partial charge in [0.2, 0.25) is 5.91 Å². The van der Waals surface area contributed by atoms with Crippen molar-refractivity contribution in [2.24, 2.45) is 5.73 Å². The average molecular weight is 215 g/mol. The molecule has 1 unspecified atom stereocenters. The zero-order valence-electron chi connectivity index (χ0n) is 9.24. The number of hydrogen-bond acceptors (Lipinski definition) is 4. The molecule has 1 saturated heterocycles. The van der Waals surface area contributed by atoms with Crippen LogP contribution in [-0.2, 0) is 9.53 Å². The maximum atomic E-state index is 11.5. The number of amides is 2. The van der Waals surface area contributed by atoms with Gasteiger partial charge in [0.15, 0.2) is 0 Å². The Bertz CT molecular complexity index is 272. The van der Waals surface area contributed by atoms with E-state index in [0.717, 1.165) is 5.01 Å². The summed E-state index contributed by atoms with van der Waals surface area (Å²) in [5.41, 5.74) is 7.44. The number of ether oxygens (including phenoxy) is 1. The summed E-state index contributed by atoms with van der Waals surface area (Å²) in [5, 5.41) is 1.11. The Balaban J connectivity index is 2.56. The van der Waals surface area contributed by atoms with E-state index in [1.54, 1.807) is 20.8 Å². The number of hydrogen-bond donors (Lipinski definition) is 2. The van der Waals surface area contributed by atoms with Crippen LogP contribution < -0.4 is 11.2 Å². The molecule has 0 radical (unpaired) electrons. The van der Waals surface area contributed by atoms with Gasteiger partial charge in [-0.15, -0.1) is 0 Å². The van der Waals surface area contributed by atoms with Crippen molar-refractivity contribution in [1.29, 1.82) is 0 Å². The van der Waals surface area contributed by atoms with Crippen LogP contribution in [-0.4, -0.2) is 35.2 Å². The Labute approximate surface area is 88.7 Å². The van der Waals surface area contributed by atoms with E-state index in [0.29, 0.717) is 0 Å². The Hall–Kier alpha value is -1.30. The molecule has 1 aliphatic rings. The SMILES string of the molecule is CC(C)(C)OC(=O)N1CC(N)CC(=O)N1. The molecule has 0 aromatic heterocycles. The first kappa shape index (κ1) is 11.8. The lowest BCUT2D eigenvalue weighted by atomic mass is 10.2. The minimum Gasteiger partial charge on any atom is -0.442 e. The van der Waals surface area contributed by atoms with E-state index in [9.17, 15) is 9.59 Å². The second-order valence-corrected chi connectivity index (χ2v) is 4.59. The molecule has 2 amide bonds. The molecule has 0 aromatic carbocycles. The predicted molar refractivity (Wildman–Crippen MR) is 53.7 cm³/mol. The molecular formula is C9H17N3O3. The third-order valence-corrected chi connectivity index (χ3v) is 1.74. The van der Waals surface area contributed by atoms with Crippen molar-refractivity contribution in [3.8, 4) is 0 Å². The summed E-state index contributed by atoms with van der Waals surface area (Å²) < 4.78 is 5.09. The Morgan fingerprint density at radius 2 is 2.20 bits per heavy atom. The lowest BCUT2D eigenvalue weighted by Crippen LogP contribution is -2.58. The van der Waals surface area contributed by atoms with E-state index >= 15 is 0 Å². The lowest BCUT2D eigenvalue weighted by molar-refractivity contribution is -0.129. The number of nitrogens with zero attached hydrogens (tertiary/aromatic N) is 1. The van der Waals surface area contributed by atoms with E-state index in [1.807, 2.05) is 0 Å². The van der Waals surface area contributed by atoms with Gasteiger partial charge in [0.05, 0.1) is 6.54 Å². The molecule has 1 atom stereocenters. The molecule has 15 heavy (non-hydrogen) atoms. The van der Waals surface area contributed by atoms with Crippen LogP contribution in [0.2, 0.25) is 0 Å². The molecule has 0 spiro atoms. The van der Waals surface area contributed by atoms with Crippen LogP contribution in [0, 0.1) is 0 Å². The summed E-state index contributed by atoms with van der Waals surface area (Å²) in [7, 11) is 0. The van der Waals surface area contributed by atoms with Crippen LogP contribution in [0.5, 0.6) is 0 Å². The van der Waals surface area contributed by atoms with E-state index < -0.39 is 11.7 Å². The first-order valence-electron chi connectivity index (χ1n) is 4.83. The molecule has 0 aromatic rings. The average Bonchev–Trinajstić information content (AvgIpc) is 1.98. The molecule has 1 rings (SSSR count). The van der Waals surface area contributed by atoms with Crippen molar-refractivity contribution in [3.63, 3.8) is 0 Å². The van der Waals surface area contributed by atoms with Crippen molar-refractivity contribution in [1.82, 2.24) is 10.4 Å². The number of carbonyl (C=O) groups is 2. The molecule has 1 fully saturated rings. The van der Waals surface area contributed by atoms with E-state index in [-0.39, 0.29) is 24.9 Å². The quantitative estimate of drug-likeness (QED) is 0.595. The maximum absolute atomic E-state index is 11.5. The van der Waals surface area contributed by atoms with Gasteiger partial charge >= 0.3 is 6.09 Å². The van der Waals surface area contributed by atoms with Crippen LogP contribution in [0.4, 0.5) is 4.79 Å². The fraction of sp³-hybridized carbons (Fsp3) is 0.778. The van der Waals surface area contributed by atoms with Gasteiger partial charge in [-0.2, -0.15) is 0 Å². The standard InChI is InChI=1S/C9H17N3O3/c1-9(2,3)15-8(14)12-5-6(10)4-7(13)11-12/h6H,4-5,10H2,1-3H3,(H,11,13). The van der Waals surface area contributed by atoms with Gasteiger partial charge in [-0.05, 0) is 20.8 Å². The number of nitrogens with one attached hydrogen (secondary N) is 1. The lowest BCUT2D eigenvalue weighted by Gasteiger charge is -2.32. The van der Waals surface area contributed by atoms with Gasteiger partial charge in [0.25, 0.3) is 0 Å². The number of rotatable bonds is 0. The summed E-state index contributed by atoms with van der Waals surface area (Å²) in [6.07, 6.45) is -0.342. The maximum Gasteiger partial charge on any atom is 0.429 e. The van der Waals surface area contributed by atoms with Gasteiger partial charge in [0.1, 0.15) is 5.60 Å². The largest absolute Gasteiger partial charge is 0.442 e. The van der Waals surface area contributed by atoms with E-state index in [2.05, 4.69) is 5.43 Å². The minimum atomic E-state index is -0.580. The summed E-state index contributed by atoms with van der Waals surface area (Å²) in [6.45, 7) is 5.56. The predicted octanol–water partition coefficient (Wildman–Crippen LogP) is -0.0143. The second kappa shape index (κ2) is 4.06. The number of carbonyl (C=O) groups excluding carboxylic acids is 2. The highest BCUT2D eigenvalue weighted by molar-refractivity contribution is 5.81. The smallest absolute Gasteiger partial charge is 0.429 e. The molecule has 6 nitrogen and oxygen atoms in total. The van der Waals surface area contributed by atoms with Crippen LogP contribution in [0.25, 0.3) is 0 Å². The Morgan fingerprint density at radius 1 is 1.60 bits per heavy atom. The van der Waals surface area contributed by atoms with Gasteiger partial charge in [-0.3, -0.25) is 10.2 Å². The minimum absolute atomic E-state index is 0.235. The van der Waals surface area contributed by atoms with Gasteiger partial charge in [0, 0.05) is 12.5 Å². The topological polar surface area (TPSA) is 84.7 Å². The summed E-state index contributed by atoms with van der Waals surface area (Å²) in [4.78, 5) is 22.7. The van der Waals surface area contributed by atoms with Crippen molar-refractivity contribution >= 4 is 12.0 Å². The highest BCUT2D eigenvalue weighted by Gasteiger charge is 2.29. The highest BCUT2D eigenvalue weighted by Crippen LogP contribution is 2.10. The Morgan fingerprint density at radius 3 is 2.67 bits per heavy atom. The van der Waals surface area contributed by atoms with Crippen molar-refractivity contribution in [2.75, 3.05) is 6.54 Å². The van der Waals surface area contributed by atoms with Crippen molar-refractivity contribution in [3.05, 3.63) is 0 Å². The van der Waals surface area contributed by atoms with Crippen LogP contribution >= 0.6 is 0 Å². The summed E-state index contributed by atoms with van der Waals surface area (Å²) in [5.74, 6) is -0.264. The Kier molecular flexibility index (Phi) is 3.18. The molecule has 1 aliphatic heterocycles. The molecule has 1 heterocycles. The third kappa shape index (κ3) is 3.75. The van der Waals surface area contributed by atoms with Gasteiger partial charge < -0.3 is 10.5 Å². The molecule has 0 saturated carbocycles. The fourth-order valence-electron chi connectivity index (χ4n) is 1.22. The zero-order chi connectivity index (χ0) is 11.6. The summed E-state index contributed by atoms with van der Waals surface area (Å²) in [6, 6.07) is -0.328. The normalized spacial score (nSPS) is 22.3. The van der Waals surface area contributed by atoms with Crippen molar-refractivity contribution < 1.29 is 14.3 Å². The zero-order valence-corrected chi connectivity index (χ0v) is 9.24. The number of hydrazine groups is 1. The van der Waals surface area contributed by atoms with Crippen LogP contribution in [0.3, 0.4) is 0 Å². The first-order chi connectivity index (χ1) is 6.78. The number of nitrogens with two attached hydrogens (primary N) is 1. The van der Waals surface area contributed by atoms with Crippen LogP contribution in [0.1, 0.15) is 27.2 Å². The fourth-order valence-corrected chi connectivity index (χ4v) is 1.22. The molecule has 0 bridgehead atoms. The second-order valence-electron chi connectivity index (χ2n) is 4.59. The van der Waals surface area contributed by atoms with Crippen LogP contribution in [0.15, 0.2) is 0 Å². The molecule has 0 aliphatic carbocycles.